The molecule has 6 heteroatoms. The van der Waals surface area contributed by atoms with Crippen molar-refractivity contribution in [2.45, 2.75) is 25.3 Å². The van der Waals surface area contributed by atoms with Gasteiger partial charge in [-0.25, -0.2) is 8.42 Å². The second kappa shape index (κ2) is 8.01. The SMILES string of the molecule is COc1cccc(CCS(=O)(=O)N2CCCC2C(=O)c2ccccc2)c1. The number of nitrogens with zero attached hydrogens (tertiary/aromatic N) is 1. The fourth-order valence-corrected chi connectivity index (χ4v) is 5.05. The van der Waals surface area contributed by atoms with Crippen molar-refractivity contribution in [1.29, 1.82) is 0 Å². The maximum Gasteiger partial charge on any atom is 0.215 e. The Bertz CT molecular complexity index is 864. The lowest BCUT2D eigenvalue weighted by atomic mass is 10.0. The lowest BCUT2D eigenvalue weighted by Gasteiger charge is -2.23. The predicted octanol–water partition coefficient (Wildman–Crippen LogP) is 2.91. The van der Waals surface area contributed by atoms with Crippen molar-refractivity contribution in [3.8, 4) is 5.75 Å². The Morgan fingerprint density at radius 3 is 2.65 bits per heavy atom. The van der Waals surface area contributed by atoms with Crippen molar-refractivity contribution in [2.75, 3.05) is 19.4 Å². The van der Waals surface area contributed by atoms with Gasteiger partial charge in [-0.1, -0.05) is 42.5 Å². The highest BCUT2D eigenvalue weighted by Crippen LogP contribution is 2.25. The molecule has 2 aromatic carbocycles. The molecule has 1 heterocycles. The van der Waals surface area contributed by atoms with E-state index in [4.69, 9.17) is 4.74 Å². The van der Waals surface area contributed by atoms with Crippen LogP contribution in [0, 0.1) is 0 Å². The molecule has 1 aliphatic rings. The van der Waals surface area contributed by atoms with Crippen LogP contribution in [-0.2, 0) is 16.4 Å². The van der Waals surface area contributed by atoms with E-state index in [1.165, 1.54) is 4.31 Å². The Morgan fingerprint density at radius 2 is 1.92 bits per heavy atom. The number of aryl methyl sites for hydroxylation is 1. The van der Waals surface area contributed by atoms with Gasteiger partial charge in [0.05, 0.1) is 18.9 Å². The maximum absolute atomic E-state index is 12.8. The molecule has 26 heavy (non-hydrogen) atoms. The van der Waals surface area contributed by atoms with Crippen LogP contribution in [0.1, 0.15) is 28.8 Å². The molecule has 0 aromatic heterocycles. The normalized spacial score (nSPS) is 18.0. The number of Topliss-reactive ketones (excluding diaryl/α,β-unsaturated/α-hetero) is 1. The number of ketones is 1. The Labute approximate surface area is 154 Å². The molecular formula is C20H23NO4S. The monoisotopic (exact) mass is 373 g/mol. The third kappa shape index (κ3) is 4.14. The fraction of sp³-hybridized carbons (Fsp3) is 0.350. The number of rotatable bonds is 7. The van der Waals surface area contributed by atoms with Crippen molar-refractivity contribution >= 4 is 15.8 Å². The maximum atomic E-state index is 12.8. The molecule has 1 atom stereocenters. The van der Waals surface area contributed by atoms with Crippen molar-refractivity contribution in [1.82, 2.24) is 4.31 Å². The second-order valence-electron chi connectivity index (χ2n) is 6.42. The van der Waals surface area contributed by atoms with Gasteiger partial charge in [-0.3, -0.25) is 4.79 Å². The molecular weight excluding hydrogens is 350 g/mol. The van der Waals surface area contributed by atoms with Gasteiger partial charge in [0.1, 0.15) is 5.75 Å². The summed E-state index contributed by atoms with van der Waals surface area (Å²) < 4.78 is 32.3. The topological polar surface area (TPSA) is 63.7 Å². The van der Waals surface area contributed by atoms with Crippen LogP contribution in [0.5, 0.6) is 5.75 Å². The van der Waals surface area contributed by atoms with Crippen molar-refractivity contribution in [3.05, 3.63) is 65.7 Å². The minimum absolute atomic E-state index is 0.0151. The molecule has 0 amide bonds. The molecule has 1 saturated heterocycles. The summed E-state index contributed by atoms with van der Waals surface area (Å²) in [7, 11) is -1.93. The largest absolute Gasteiger partial charge is 0.497 e. The van der Waals surface area contributed by atoms with Gasteiger partial charge in [-0.05, 0) is 37.0 Å². The van der Waals surface area contributed by atoms with Crippen LogP contribution < -0.4 is 4.74 Å². The summed E-state index contributed by atoms with van der Waals surface area (Å²) >= 11 is 0. The average molecular weight is 373 g/mol. The van der Waals surface area contributed by atoms with Crippen LogP contribution in [0.15, 0.2) is 54.6 Å². The first-order valence-corrected chi connectivity index (χ1v) is 10.3. The number of hydrogen-bond donors (Lipinski definition) is 0. The number of carbonyl (C=O) groups excluding carboxylic acids is 1. The zero-order chi connectivity index (χ0) is 18.6. The molecule has 1 unspecified atom stereocenters. The van der Waals surface area contributed by atoms with E-state index in [0.29, 0.717) is 37.1 Å². The van der Waals surface area contributed by atoms with Crippen molar-refractivity contribution < 1.29 is 17.9 Å². The first-order chi connectivity index (χ1) is 12.5. The summed E-state index contributed by atoms with van der Waals surface area (Å²) in [5, 5.41) is 0. The summed E-state index contributed by atoms with van der Waals surface area (Å²) in [5.74, 6) is 0.574. The van der Waals surface area contributed by atoms with E-state index >= 15 is 0 Å². The molecule has 0 saturated carbocycles. The summed E-state index contributed by atoms with van der Waals surface area (Å²) in [5.41, 5.74) is 1.46. The van der Waals surface area contributed by atoms with Gasteiger partial charge in [0.15, 0.2) is 5.78 Å². The number of benzene rings is 2. The fourth-order valence-electron chi connectivity index (χ4n) is 3.32. The van der Waals surface area contributed by atoms with E-state index in [9.17, 15) is 13.2 Å². The molecule has 1 aliphatic heterocycles. The van der Waals surface area contributed by atoms with Gasteiger partial charge in [-0.15, -0.1) is 0 Å². The van der Waals surface area contributed by atoms with Crippen molar-refractivity contribution in [3.63, 3.8) is 0 Å². The number of carbonyl (C=O) groups is 1. The minimum atomic E-state index is -3.51. The van der Waals surface area contributed by atoms with Gasteiger partial charge < -0.3 is 4.74 Å². The summed E-state index contributed by atoms with van der Waals surface area (Å²) in [6.45, 7) is 0.406. The first kappa shape index (κ1) is 18.6. The highest BCUT2D eigenvalue weighted by atomic mass is 32.2. The lowest BCUT2D eigenvalue weighted by Crippen LogP contribution is -2.42. The number of ether oxygens (including phenoxy) is 1. The molecule has 5 nitrogen and oxygen atoms in total. The number of sulfonamides is 1. The number of hydrogen-bond acceptors (Lipinski definition) is 4. The van der Waals surface area contributed by atoms with E-state index in [2.05, 4.69) is 0 Å². The smallest absolute Gasteiger partial charge is 0.215 e. The zero-order valence-corrected chi connectivity index (χ0v) is 15.6. The molecule has 0 N–H and O–H groups in total. The second-order valence-corrected chi connectivity index (χ2v) is 8.46. The van der Waals surface area contributed by atoms with Gasteiger partial charge in [0, 0.05) is 12.1 Å². The minimum Gasteiger partial charge on any atom is -0.497 e. The third-order valence-electron chi connectivity index (χ3n) is 4.70. The Morgan fingerprint density at radius 1 is 1.15 bits per heavy atom. The third-order valence-corrected chi connectivity index (χ3v) is 6.58. The van der Waals surface area contributed by atoms with Crippen LogP contribution in [-0.4, -0.2) is 44.0 Å². The zero-order valence-electron chi connectivity index (χ0n) is 14.8. The Kier molecular flexibility index (Phi) is 5.74. The summed E-state index contributed by atoms with van der Waals surface area (Å²) in [6.07, 6.45) is 1.68. The highest BCUT2D eigenvalue weighted by molar-refractivity contribution is 7.89. The highest BCUT2D eigenvalue weighted by Gasteiger charge is 2.38. The molecule has 0 bridgehead atoms. The van der Waals surface area contributed by atoms with E-state index in [0.717, 1.165) is 5.56 Å². The van der Waals surface area contributed by atoms with Gasteiger partial charge in [-0.2, -0.15) is 4.31 Å². The van der Waals surface area contributed by atoms with Crippen LogP contribution in [0.3, 0.4) is 0 Å². The summed E-state index contributed by atoms with van der Waals surface area (Å²) in [4.78, 5) is 12.7. The van der Waals surface area contributed by atoms with Gasteiger partial charge in [0.2, 0.25) is 10.0 Å². The molecule has 0 aliphatic carbocycles. The summed E-state index contributed by atoms with van der Waals surface area (Å²) in [6, 6.07) is 15.7. The van der Waals surface area contributed by atoms with Crippen LogP contribution in [0.4, 0.5) is 0 Å². The quantitative estimate of drug-likeness (QED) is 0.700. The molecule has 3 rings (SSSR count). The van der Waals surface area contributed by atoms with Crippen molar-refractivity contribution in [2.24, 2.45) is 0 Å². The number of methoxy groups -OCH3 is 1. The van der Waals surface area contributed by atoms with E-state index in [1.54, 1.807) is 31.4 Å². The molecule has 0 radical (unpaired) electrons. The standard InChI is InChI=1S/C20H23NO4S/c1-25-18-10-5-7-16(15-18)12-14-26(23,24)21-13-6-11-19(21)20(22)17-8-3-2-4-9-17/h2-5,7-10,15,19H,6,11-14H2,1H3. The van der Waals surface area contributed by atoms with Crippen LogP contribution in [0.2, 0.25) is 0 Å². The Balaban J connectivity index is 1.72. The van der Waals surface area contributed by atoms with E-state index < -0.39 is 16.1 Å². The average Bonchev–Trinajstić information content (AvgIpc) is 3.17. The first-order valence-electron chi connectivity index (χ1n) is 8.73. The molecule has 138 valence electrons. The van der Waals surface area contributed by atoms with E-state index in [1.807, 2.05) is 30.3 Å². The predicted molar refractivity (Wildman–Crippen MR) is 101 cm³/mol. The van der Waals surface area contributed by atoms with E-state index in [-0.39, 0.29) is 11.5 Å². The van der Waals surface area contributed by atoms with Gasteiger partial charge >= 0.3 is 0 Å². The van der Waals surface area contributed by atoms with Crippen LogP contribution >= 0.6 is 0 Å². The molecule has 2 aromatic rings. The Hall–Kier alpha value is -2.18. The van der Waals surface area contributed by atoms with Crippen LogP contribution in [0.25, 0.3) is 0 Å². The molecule has 1 fully saturated rings. The van der Waals surface area contributed by atoms with Gasteiger partial charge in [0.25, 0.3) is 0 Å². The molecule has 0 spiro atoms. The lowest BCUT2D eigenvalue weighted by molar-refractivity contribution is 0.0918.